The number of allylic oxidation sites excluding steroid dienone is 1. The molecule has 0 radical (unpaired) electrons. The van der Waals surface area contributed by atoms with Gasteiger partial charge in [0, 0.05) is 5.56 Å². The van der Waals surface area contributed by atoms with Crippen LogP contribution in [-0.2, 0) is 0 Å². The van der Waals surface area contributed by atoms with Crippen molar-refractivity contribution in [3.63, 3.8) is 0 Å². The number of rotatable bonds is 5. The quantitative estimate of drug-likeness (QED) is 0.413. The van der Waals surface area contributed by atoms with E-state index in [0.29, 0.717) is 0 Å². The second-order valence-electron chi connectivity index (χ2n) is 3.84. The molecule has 0 N–H and O–H groups in total. The van der Waals surface area contributed by atoms with Gasteiger partial charge in [0.25, 0.3) is 0 Å². The molecule has 1 aromatic carbocycles. The molecule has 0 fully saturated rings. The lowest BCUT2D eigenvalue weighted by molar-refractivity contribution is 0.370. The lowest BCUT2D eigenvalue weighted by atomic mass is 10.2. The van der Waals surface area contributed by atoms with Gasteiger partial charge in [0.2, 0.25) is 0 Å². The summed E-state index contributed by atoms with van der Waals surface area (Å²) in [6.45, 7) is 5.62. The average molecular weight is 213 g/mol. The van der Waals surface area contributed by atoms with Crippen LogP contribution in [-0.4, -0.2) is 25.0 Å². The lowest BCUT2D eigenvalue weighted by Crippen LogP contribution is -2.19. The van der Waals surface area contributed by atoms with Gasteiger partial charge in [-0.2, -0.15) is 0 Å². The van der Waals surface area contributed by atoms with Gasteiger partial charge in [-0.05, 0) is 38.6 Å². The van der Waals surface area contributed by atoms with Crippen molar-refractivity contribution in [1.82, 2.24) is 4.90 Å². The minimum atomic E-state index is 0.825. The van der Waals surface area contributed by atoms with Crippen LogP contribution in [0.5, 0.6) is 0 Å². The van der Waals surface area contributed by atoms with E-state index in [-0.39, 0.29) is 0 Å². The molecule has 0 aliphatic rings. The van der Waals surface area contributed by atoms with E-state index in [2.05, 4.69) is 30.4 Å². The highest BCUT2D eigenvalue weighted by atomic mass is 15.1. The highest BCUT2D eigenvalue weighted by Crippen LogP contribution is 1.95. The lowest BCUT2D eigenvalue weighted by Gasteiger charge is -2.11. The summed E-state index contributed by atoms with van der Waals surface area (Å²) in [4.78, 5) is 2.24. The molecule has 1 rings (SSSR count). The summed E-state index contributed by atoms with van der Waals surface area (Å²) < 4.78 is 0. The van der Waals surface area contributed by atoms with Gasteiger partial charge < -0.3 is 0 Å². The van der Waals surface area contributed by atoms with Crippen LogP contribution in [0.4, 0.5) is 0 Å². The fourth-order valence-corrected chi connectivity index (χ4v) is 1.38. The minimum Gasteiger partial charge on any atom is -0.295 e. The number of hydrogen-bond acceptors (Lipinski definition) is 1. The molecule has 1 nitrogen and oxygen atoms in total. The van der Waals surface area contributed by atoms with E-state index in [1.807, 2.05) is 36.4 Å². The molecule has 0 amide bonds. The van der Waals surface area contributed by atoms with E-state index in [0.717, 1.165) is 31.5 Å². The Kier molecular flexibility index (Phi) is 6.06. The molecule has 0 unspecified atom stereocenters. The zero-order valence-electron chi connectivity index (χ0n) is 9.95. The van der Waals surface area contributed by atoms with Gasteiger partial charge in [-0.3, -0.25) is 4.90 Å². The highest BCUT2D eigenvalue weighted by molar-refractivity contribution is 5.33. The second-order valence-corrected chi connectivity index (χ2v) is 3.84. The van der Waals surface area contributed by atoms with E-state index >= 15 is 0 Å². The normalized spacial score (nSPS) is 9.62. The van der Waals surface area contributed by atoms with E-state index in [4.69, 9.17) is 0 Å². The van der Waals surface area contributed by atoms with Gasteiger partial charge in [0.15, 0.2) is 0 Å². The molecule has 0 bridgehead atoms. The Morgan fingerprint density at radius 3 is 2.75 bits per heavy atom. The molecule has 0 aliphatic heterocycles. The molecule has 0 saturated heterocycles. The summed E-state index contributed by atoms with van der Waals surface area (Å²) in [7, 11) is 2.10. The molecule has 84 valence electrons. The van der Waals surface area contributed by atoms with E-state index in [1.165, 1.54) is 0 Å². The van der Waals surface area contributed by atoms with Gasteiger partial charge in [-0.25, -0.2) is 0 Å². The van der Waals surface area contributed by atoms with Gasteiger partial charge >= 0.3 is 0 Å². The predicted molar refractivity (Wildman–Crippen MR) is 70.2 cm³/mol. The van der Waals surface area contributed by atoms with Gasteiger partial charge in [0.1, 0.15) is 0 Å². The number of hydrogen-bond donors (Lipinski definition) is 0. The topological polar surface area (TPSA) is 3.24 Å². The standard InChI is InChI=1S/C15H19N/c1-3-4-8-13-16(2)14-9-12-15-10-6-5-7-11-15/h3,5-7,10-11H,1,4,8,13-14H2,2H3. The maximum absolute atomic E-state index is 3.71. The Morgan fingerprint density at radius 1 is 1.31 bits per heavy atom. The fourth-order valence-electron chi connectivity index (χ4n) is 1.38. The van der Waals surface area contributed by atoms with Crippen molar-refractivity contribution in [2.75, 3.05) is 20.1 Å². The number of benzene rings is 1. The Labute approximate surface area is 98.8 Å². The summed E-state index contributed by atoms with van der Waals surface area (Å²) in [5, 5.41) is 0. The molecule has 16 heavy (non-hydrogen) atoms. The fraction of sp³-hybridized carbons (Fsp3) is 0.333. The van der Waals surface area contributed by atoms with Crippen LogP contribution >= 0.6 is 0 Å². The second kappa shape index (κ2) is 7.73. The molecule has 1 aromatic rings. The Morgan fingerprint density at radius 2 is 2.06 bits per heavy atom. The van der Waals surface area contributed by atoms with Crippen LogP contribution in [0.2, 0.25) is 0 Å². The smallest absolute Gasteiger partial charge is 0.0602 e. The van der Waals surface area contributed by atoms with Crippen molar-refractivity contribution in [3.8, 4) is 11.8 Å². The van der Waals surface area contributed by atoms with Crippen molar-refractivity contribution in [2.24, 2.45) is 0 Å². The molecular formula is C15H19N. The maximum Gasteiger partial charge on any atom is 0.0602 e. The van der Waals surface area contributed by atoms with Crippen molar-refractivity contribution < 1.29 is 0 Å². The molecule has 0 aliphatic carbocycles. The average Bonchev–Trinajstić information content (AvgIpc) is 2.31. The summed E-state index contributed by atoms with van der Waals surface area (Å²) >= 11 is 0. The maximum atomic E-state index is 3.71. The van der Waals surface area contributed by atoms with E-state index < -0.39 is 0 Å². The molecule has 0 heterocycles. The first kappa shape index (κ1) is 12.5. The Balaban J connectivity index is 2.28. The van der Waals surface area contributed by atoms with Crippen LogP contribution in [0.25, 0.3) is 0 Å². The van der Waals surface area contributed by atoms with Crippen LogP contribution in [0, 0.1) is 11.8 Å². The van der Waals surface area contributed by atoms with Crippen molar-refractivity contribution in [3.05, 3.63) is 48.6 Å². The third-order valence-electron chi connectivity index (χ3n) is 2.30. The van der Waals surface area contributed by atoms with Crippen LogP contribution in [0.3, 0.4) is 0 Å². The SMILES string of the molecule is C=CCCCN(C)CC#Cc1ccccc1. The summed E-state index contributed by atoms with van der Waals surface area (Å²) in [5.74, 6) is 6.33. The Bertz CT molecular complexity index is 356. The first-order chi connectivity index (χ1) is 7.83. The zero-order chi connectivity index (χ0) is 11.6. The molecule has 0 atom stereocenters. The van der Waals surface area contributed by atoms with Gasteiger partial charge in [0.05, 0.1) is 6.54 Å². The summed E-state index contributed by atoms with van der Waals surface area (Å²) in [6, 6.07) is 10.1. The van der Waals surface area contributed by atoms with E-state index in [9.17, 15) is 0 Å². The van der Waals surface area contributed by atoms with Gasteiger partial charge in [-0.1, -0.05) is 36.1 Å². The van der Waals surface area contributed by atoms with Crippen molar-refractivity contribution in [2.45, 2.75) is 12.8 Å². The number of unbranched alkanes of at least 4 members (excludes halogenated alkanes) is 1. The van der Waals surface area contributed by atoms with Gasteiger partial charge in [-0.15, -0.1) is 6.58 Å². The number of nitrogens with zero attached hydrogens (tertiary/aromatic N) is 1. The monoisotopic (exact) mass is 213 g/mol. The molecule has 0 aromatic heterocycles. The first-order valence-corrected chi connectivity index (χ1v) is 5.66. The summed E-state index contributed by atoms with van der Waals surface area (Å²) in [5.41, 5.74) is 1.09. The molecule has 0 spiro atoms. The van der Waals surface area contributed by atoms with Crippen molar-refractivity contribution in [1.29, 1.82) is 0 Å². The minimum absolute atomic E-state index is 0.825. The predicted octanol–water partition coefficient (Wildman–Crippen LogP) is 2.94. The third-order valence-corrected chi connectivity index (χ3v) is 2.30. The van der Waals surface area contributed by atoms with Crippen LogP contribution < -0.4 is 0 Å². The molecule has 1 heteroatoms. The van der Waals surface area contributed by atoms with Crippen LogP contribution in [0.1, 0.15) is 18.4 Å². The van der Waals surface area contributed by atoms with E-state index in [1.54, 1.807) is 0 Å². The Hall–Kier alpha value is -1.52. The third kappa shape index (κ3) is 5.38. The zero-order valence-corrected chi connectivity index (χ0v) is 9.95. The highest BCUT2D eigenvalue weighted by Gasteiger charge is 1.93. The van der Waals surface area contributed by atoms with Crippen LogP contribution in [0.15, 0.2) is 43.0 Å². The largest absolute Gasteiger partial charge is 0.295 e. The van der Waals surface area contributed by atoms with Crippen molar-refractivity contribution >= 4 is 0 Å². The summed E-state index contributed by atoms with van der Waals surface area (Å²) in [6.07, 6.45) is 4.20. The molecule has 0 saturated carbocycles. The first-order valence-electron chi connectivity index (χ1n) is 5.66. The molecular weight excluding hydrogens is 194 g/mol.